The zero-order chi connectivity index (χ0) is 15.4. The molecule has 0 saturated heterocycles. The molecule has 108 valence electrons. The third kappa shape index (κ3) is 3.62. The second-order valence-corrected chi connectivity index (χ2v) is 6.48. The number of thiol groups is 1. The Morgan fingerprint density at radius 3 is 1.77 bits per heavy atom. The van der Waals surface area contributed by atoms with Crippen molar-refractivity contribution in [2.75, 3.05) is 0 Å². The number of rotatable bonds is 4. The monoisotopic (exact) mass is 322 g/mol. The van der Waals surface area contributed by atoms with E-state index in [1.54, 1.807) is 11.8 Å². The van der Waals surface area contributed by atoms with Gasteiger partial charge >= 0.3 is 0 Å². The van der Waals surface area contributed by atoms with Gasteiger partial charge in [0.05, 0.1) is 0 Å². The molecule has 0 aliphatic heterocycles. The molecule has 0 aliphatic carbocycles. The van der Waals surface area contributed by atoms with Crippen LogP contribution in [-0.2, 0) is 0 Å². The number of carbonyl (C=O) groups excluding carboxylic acids is 1. The highest BCUT2D eigenvalue weighted by Crippen LogP contribution is 2.28. The Labute approximate surface area is 139 Å². The average molecular weight is 322 g/mol. The molecule has 3 aromatic rings. The van der Waals surface area contributed by atoms with Crippen LogP contribution in [0, 0.1) is 0 Å². The summed E-state index contributed by atoms with van der Waals surface area (Å²) in [5.41, 5.74) is 1.42. The van der Waals surface area contributed by atoms with Gasteiger partial charge in [-0.05, 0) is 48.5 Å². The minimum atomic E-state index is 0.0524. The lowest BCUT2D eigenvalue weighted by atomic mass is 10.0. The number of ketones is 1. The lowest BCUT2D eigenvalue weighted by Crippen LogP contribution is -2.00. The topological polar surface area (TPSA) is 17.1 Å². The third-order valence-corrected chi connectivity index (χ3v) is 4.54. The molecule has 22 heavy (non-hydrogen) atoms. The van der Waals surface area contributed by atoms with E-state index in [2.05, 4.69) is 12.6 Å². The minimum Gasteiger partial charge on any atom is -0.289 e. The predicted molar refractivity (Wildman–Crippen MR) is 94.1 cm³/mol. The molecule has 0 atom stereocenters. The smallest absolute Gasteiger partial charge is 0.193 e. The standard InChI is InChI=1S/C19H14OS2/c20-19(14-4-2-1-3-5-14)15-6-10-17(11-7-15)22-18-12-8-16(21)9-13-18/h1-13,21H. The van der Waals surface area contributed by atoms with Gasteiger partial charge in [-0.25, -0.2) is 0 Å². The highest BCUT2D eigenvalue weighted by atomic mass is 32.2. The molecule has 0 amide bonds. The van der Waals surface area contributed by atoms with Crippen molar-refractivity contribution in [2.45, 2.75) is 14.7 Å². The molecule has 0 fully saturated rings. The summed E-state index contributed by atoms with van der Waals surface area (Å²) in [6, 6.07) is 25.1. The van der Waals surface area contributed by atoms with Crippen LogP contribution in [0.3, 0.4) is 0 Å². The zero-order valence-corrected chi connectivity index (χ0v) is 13.5. The Morgan fingerprint density at radius 1 is 0.682 bits per heavy atom. The fourth-order valence-corrected chi connectivity index (χ4v) is 3.05. The Hall–Kier alpha value is -1.97. The van der Waals surface area contributed by atoms with Crippen molar-refractivity contribution in [3.8, 4) is 0 Å². The first-order chi connectivity index (χ1) is 10.7. The normalized spacial score (nSPS) is 10.4. The molecule has 3 rings (SSSR count). The molecule has 3 aromatic carbocycles. The van der Waals surface area contributed by atoms with Gasteiger partial charge in [-0.3, -0.25) is 4.79 Å². The summed E-state index contributed by atoms with van der Waals surface area (Å²) >= 11 is 5.95. The number of hydrogen-bond acceptors (Lipinski definition) is 3. The van der Waals surface area contributed by atoms with Gasteiger partial charge < -0.3 is 0 Å². The van der Waals surface area contributed by atoms with Crippen molar-refractivity contribution in [1.82, 2.24) is 0 Å². The lowest BCUT2D eigenvalue weighted by molar-refractivity contribution is 0.103. The van der Waals surface area contributed by atoms with Gasteiger partial charge in [-0.1, -0.05) is 42.1 Å². The van der Waals surface area contributed by atoms with Crippen LogP contribution in [0.25, 0.3) is 0 Å². The SMILES string of the molecule is O=C(c1ccccc1)c1ccc(Sc2ccc(S)cc2)cc1. The van der Waals surface area contributed by atoms with Crippen LogP contribution in [0.2, 0.25) is 0 Å². The van der Waals surface area contributed by atoms with Crippen molar-refractivity contribution in [3.63, 3.8) is 0 Å². The Morgan fingerprint density at radius 2 is 1.18 bits per heavy atom. The van der Waals surface area contributed by atoms with Crippen molar-refractivity contribution in [2.24, 2.45) is 0 Å². The van der Waals surface area contributed by atoms with Gasteiger partial charge in [-0.15, -0.1) is 12.6 Å². The largest absolute Gasteiger partial charge is 0.289 e. The van der Waals surface area contributed by atoms with Gasteiger partial charge in [0, 0.05) is 25.8 Å². The highest BCUT2D eigenvalue weighted by molar-refractivity contribution is 7.99. The maximum atomic E-state index is 12.3. The van der Waals surface area contributed by atoms with Gasteiger partial charge in [-0.2, -0.15) is 0 Å². The van der Waals surface area contributed by atoms with Crippen LogP contribution >= 0.6 is 24.4 Å². The molecule has 0 N–H and O–H groups in total. The Kier molecular flexibility index (Phi) is 4.66. The van der Waals surface area contributed by atoms with Gasteiger partial charge in [0.15, 0.2) is 5.78 Å². The van der Waals surface area contributed by atoms with Crippen LogP contribution in [0.1, 0.15) is 15.9 Å². The summed E-state index contributed by atoms with van der Waals surface area (Å²) in [6.45, 7) is 0. The number of benzene rings is 3. The molecular formula is C19H14OS2. The molecular weight excluding hydrogens is 308 g/mol. The van der Waals surface area contributed by atoms with Crippen molar-refractivity contribution >= 4 is 30.2 Å². The van der Waals surface area contributed by atoms with Crippen LogP contribution in [0.15, 0.2) is 93.5 Å². The quantitative estimate of drug-likeness (QED) is 0.514. The summed E-state index contributed by atoms with van der Waals surface area (Å²) in [4.78, 5) is 15.6. The zero-order valence-electron chi connectivity index (χ0n) is 11.8. The second kappa shape index (κ2) is 6.86. The second-order valence-electron chi connectivity index (χ2n) is 4.82. The van der Waals surface area contributed by atoms with Gasteiger partial charge in [0.2, 0.25) is 0 Å². The van der Waals surface area contributed by atoms with E-state index in [9.17, 15) is 4.79 Å². The number of hydrogen-bond donors (Lipinski definition) is 1. The predicted octanol–water partition coefficient (Wildman–Crippen LogP) is 5.36. The van der Waals surface area contributed by atoms with Crippen molar-refractivity contribution in [3.05, 3.63) is 90.0 Å². The van der Waals surface area contributed by atoms with E-state index in [4.69, 9.17) is 0 Å². The van der Waals surface area contributed by atoms with E-state index in [1.807, 2.05) is 78.9 Å². The van der Waals surface area contributed by atoms with Crippen molar-refractivity contribution < 1.29 is 4.79 Å². The summed E-state index contributed by atoms with van der Waals surface area (Å²) in [5.74, 6) is 0.0524. The molecule has 0 aliphatic rings. The molecule has 0 bridgehead atoms. The van der Waals surface area contributed by atoms with Crippen LogP contribution < -0.4 is 0 Å². The maximum absolute atomic E-state index is 12.3. The number of carbonyl (C=O) groups is 1. The molecule has 1 nitrogen and oxygen atoms in total. The van der Waals surface area contributed by atoms with E-state index < -0.39 is 0 Å². The van der Waals surface area contributed by atoms with E-state index in [1.165, 1.54) is 0 Å². The lowest BCUT2D eigenvalue weighted by Gasteiger charge is -2.04. The van der Waals surface area contributed by atoms with Crippen LogP contribution in [-0.4, -0.2) is 5.78 Å². The maximum Gasteiger partial charge on any atom is 0.193 e. The third-order valence-electron chi connectivity index (χ3n) is 3.22. The molecule has 0 unspecified atom stereocenters. The summed E-state index contributed by atoms with van der Waals surface area (Å²) in [7, 11) is 0. The summed E-state index contributed by atoms with van der Waals surface area (Å²) in [5, 5.41) is 0. The first-order valence-corrected chi connectivity index (χ1v) is 8.15. The van der Waals surface area contributed by atoms with Crippen LogP contribution in [0.4, 0.5) is 0 Å². The van der Waals surface area contributed by atoms with Crippen LogP contribution in [0.5, 0.6) is 0 Å². The average Bonchev–Trinajstić information content (AvgIpc) is 2.58. The molecule has 0 radical (unpaired) electrons. The van der Waals surface area contributed by atoms with E-state index in [0.717, 1.165) is 14.7 Å². The minimum absolute atomic E-state index is 0.0524. The van der Waals surface area contributed by atoms with E-state index in [-0.39, 0.29) is 5.78 Å². The first kappa shape index (κ1) is 14.9. The summed E-state index contributed by atoms with van der Waals surface area (Å²) in [6.07, 6.45) is 0. The molecule has 0 aromatic heterocycles. The fraction of sp³-hybridized carbons (Fsp3) is 0. The highest BCUT2D eigenvalue weighted by Gasteiger charge is 2.08. The first-order valence-electron chi connectivity index (χ1n) is 6.89. The molecule has 0 heterocycles. The molecule has 3 heteroatoms. The summed E-state index contributed by atoms with van der Waals surface area (Å²) < 4.78 is 0. The van der Waals surface area contributed by atoms with E-state index >= 15 is 0 Å². The Bertz CT molecular complexity index is 763. The van der Waals surface area contributed by atoms with Gasteiger partial charge in [0.25, 0.3) is 0 Å². The van der Waals surface area contributed by atoms with Crippen molar-refractivity contribution in [1.29, 1.82) is 0 Å². The Balaban J connectivity index is 1.75. The fourth-order valence-electron chi connectivity index (χ4n) is 2.08. The van der Waals surface area contributed by atoms with Gasteiger partial charge in [0.1, 0.15) is 0 Å². The van der Waals surface area contributed by atoms with E-state index in [0.29, 0.717) is 11.1 Å². The molecule has 0 spiro atoms. The molecule has 0 saturated carbocycles.